The van der Waals surface area contributed by atoms with Crippen LogP contribution < -0.4 is 21.3 Å². The van der Waals surface area contributed by atoms with Crippen LogP contribution in [0.3, 0.4) is 0 Å². The van der Waals surface area contributed by atoms with Crippen molar-refractivity contribution < 1.29 is 33.3 Å². The van der Waals surface area contributed by atoms with Crippen LogP contribution in [0.15, 0.2) is 109 Å². The average Bonchev–Trinajstić information content (AvgIpc) is 3.43. The number of pyridine rings is 2. The molecule has 4 heterocycles. The summed E-state index contributed by atoms with van der Waals surface area (Å²) in [7, 11) is 4.22. The highest BCUT2D eigenvalue weighted by molar-refractivity contribution is 6.35. The monoisotopic (exact) mass is 1130 g/mol. The molecule has 2 amide bonds. The molecule has 0 saturated heterocycles. The Hall–Kier alpha value is -5.40. The molecule has 4 N–H and O–H groups in total. The van der Waals surface area contributed by atoms with Crippen molar-refractivity contribution in [1.29, 1.82) is 0 Å². The van der Waals surface area contributed by atoms with Crippen molar-refractivity contribution in [3.63, 3.8) is 0 Å². The van der Waals surface area contributed by atoms with Gasteiger partial charge >= 0.3 is 0 Å². The van der Waals surface area contributed by atoms with Crippen molar-refractivity contribution in [2.24, 2.45) is 0 Å². The molecule has 19 heteroatoms. The Morgan fingerprint density at radius 1 is 0.506 bits per heavy atom. The van der Waals surface area contributed by atoms with E-state index in [0.29, 0.717) is 99.1 Å². The number of nitrogens with zero attached hydrogens (tertiary/aromatic N) is 4. The summed E-state index contributed by atoms with van der Waals surface area (Å²) >= 11 is 26.0. The molecule has 0 bridgehead atoms. The molecule has 0 saturated carbocycles. The third kappa shape index (κ3) is 17.3. The van der Waals surface area contributed by atoms with Gasteiger partial charge in [-0.25, -0.2) is 9.97 Å². The maximum Gasteiger partial charge on any atom is 0.246 e. The molecule has 0 aliphatic carbocycles. The van der Waals surface area contributed by atoms with Gasteiger partial charge in [-0.3, -0.25) is 9.59 Å². The molecular formula is C58H66Cl4N8O7. The quantitative estimate of drug-likeness (QED) is 0.0345. The van der Waals surface area contributed by atoms with Crippen molar-refractivity contribution >= 4 is 69.9 Å². The van der Waals surface area contributed by atoms with Crippen LogP contribution in [-0.2, 0) is 46.4 Å². The topological polar surface area (TPSA) is 161 Å². The van der Waals surface area contributed by atoms with Crippen LogP contribution in [0.25, 0.3) is 22.3 Å². The Labute approximate surface area is 471 Å². The van der Waals surface area contributed by atoms with E-state index in [2.05, 4.69) is 116 Å². The number of benzene rings is 4. The summed E-state index contributed by atoms with van der Waals surface area (Å²) in [5.41, 5.74) is 11.3. The first-order valence-electron chi connectivity index (χ1n) is 25.8. The first kappa shape index (κ1) is 57.8. The Morgan fingerprint density at radius 2 is 0.922 bits per heavy atom. The van der Waals surface area contributed by atoms with Gasteiger partial charge in [0.2, 0.25) is 11.8 Å². The zero-order valence-corrected chi connectivity index (χ0v) is 46.5. The van der Waals surface area contributed by atoms with Crippen LogP contribution in [0.5, 0.6) is 0 Å². The summed E-state index contributed by atoms with van der Waals surface area (Å²) in [5, 5.41) is 14.7. The third-order valence-electron chi connectivity index (χ3n) is 13.2. The fraction of sp³-hybridized carbons (Fsp3) is 0.379. The Balaban J connectivity index is 0.589. The van der Waals surface area contributed by atoms with Crippen LogP contribution in [0.1, 0.15) is 45.2 Å². The van der Waals surface area contributed by atoms with Crippen LogP contribution >= 0.6 is 46.4 Å². The van der Waals surface area contributed by atoms with Gasteiger partial charge in [-0.05, 0) is 107 Å². The molecular weight excluding hydrogens is 1060 g/mol. The minimum Gasteiger partial charge on any atom is -0.377 e. The van der Waals surface area contributed by atoms with E-state index in [0.717, 1.165) is 71.2 Å². The number of ether oxygens (including phenoxy) is 5. The fourth-order valence-corrected chi connectivity index (χ4v) is 10.6. The van der Waals surface area contributed by atoms with Gasteiger partial charge in [0, 0.05) is 108 Å². The number of hydrogen-bond acceptors (Lipinski definition) is 13. The number of hydrogen-bond donors (Lipinski definition) is 4. The molecule has 2 aliphatic heterocycles. The van der Waals surface area contributed by atoms with Gasteiger partial charge in [0.25, 0.3) is 0 Å². The lowest BCUT2D eigenvalue weighted by molar-refractivity contribution is -0.131. The lowest BCUT2D eigenvalue weighted by Crippen LogP contribution is -2.34. The summed E-state index contributed by atoms with van der Waals surface area (Å²) in [6, 6.07) is 32.9. The number of fused-ring (bicyclic) bond motifs is 2. The van der Waals surface area contributed by atoms with Gasteiger partial charge < -0.3 is 54.8 Å². The van der Waals surface area contributed by atoms with Gasteiger partial charge in [0.05, 0.1) is 52.9 Å². The predicted octanol–water partition coefficient (Wildman–Crippen LogP) is 9.42. The van der Waals surface area contributed by atoms with Gasteiger partial charge in [-0.1, -0.05) is 94.9 Å². The molecule has 8 rings (SSSR count). The standard InChI is InChI=1S/C58H66Cl4N8O7/c1-69-33-49(47-27-45(59)29-53(61)51(47)35-69)41-7-3-5-39(25-41)43-9-11-55(67-31-43)63-13-17-73-21-23-75-19-15-65-57(71)37-77-38-58(72)66-16-20-76-24-22-74-18-14-64-56-12-10-44(32-68-56)40-6-4-8-42(26-40)50-34-70(2)36-52-48(50)28-46(60)30-54(52)62/h3-12,25-32,49-50H,13-24,33-38H2,1-2H3,(H,63,67)(H,64,68)(H,65,71)(H,66,72)/t49-,50-/m0/s1. The number of carbonyl (C=O) groups excluding carboxylic acids is 2. The van der Waals surface area contributed by atoms with Crippen molar-refractivity contribution in [2.45, 2.75) is 24.9 Å². The Bertz CT molecular complexity index is 2690. The van der Waals surface area contributed by atoms with Crippen molar-refractivity contribution in [3.05, 3.63) is 163 Å². The second kappa shape index (κ2) is 29.5. The number of halogens is 4. The van der Waals surface area contributed by atoms with E-state index in [4.69, 9.17) is 70.1 Å². The van der Waals surface area contributed by atoms with Crippen LogP contribution in [0.2, 0.25) is 20.1 Å². The highest BCUT2D eigenvalue weighted by Crippen LogP contribution is 2.41. The lowest BCUT2D eigenvalue weighted by Gasteiger charge is -2.33. The van der Waals surface area contributed by atoms with Gasteiger partial charge in [0.1, 0.15) is 24.8 Å². The number of rotatable bonds is 28. The number of carbonyl (C=O) groups is 2. The van der Waals surface area contributed by atoms with E-state index in [1.165, 1.54) is 22.3 Å². The van der Waals surface area contributed by atoms with Gasteiger partial charge in [-0.15, -0.1) is 0 Å². The smallest absolute Gasteiger partial charge is 0.246 e. The zero-order chi connectivity index (χ0) is 53.9. The first-order valence-corrected chi connectivity index (χ1v) is 27.3. The minimum absolute atomic E-state index is 0.156. The van der Waals surface area contributed by atoms with Crippen LogP contribution in [0, 0.1) is 0 Å². The molecule has 4 aromatic carbocycles. The summed E-state index contributed by atoms with van der Waals surface area (Å²) in [6.07, 6.45) is 3.74. The van der Waals surface area contributed by atoms with E-state index >= 15 is 0 Å². The van der Waals surface area contributed by atoms with Gasteiger partial charge in [0.15, 0.2) is 0 Å². The van der Waals surface area contributed by atoms with Crippen molar-refractivity contribution in [3.8, 4) is 22.3 Å². The normalized spacial score (nSPS) is 15.4. The predicted molar refractivity (Wildman–Crippen MR) is 306 cm³/mol. The average molecular weight is 1130 g/mol. The molecule has 2 atom stereocenters. The molecule has 2 aromatic heterocycles. The second-order valence-corrected chi connectivity index (χ2v) is 20.7. The molecule has 0 fully saturated rings. The number of aromatic nitrogens is 2. The fourth-order valence-electron chi connectivity index (χ4n) is 9.48. The maximum absolute atomic E-state index is 12.1. The van der Waals surface area contributed by atoms with Crippen molar-refractivity contribution in [2.75, 3.05) is 130 Å². The van der Waals surface area contributed by atoms with E-state index in [1.54, 1.807) is 0 Å². The zero-order valence-electron chi connectivity index (χ0n) is 43.4. The number of likely N-dealkylation sites (N-methyl/N-ethyl adjacent to an activating group) is 2. The Morgan fingerprint density at radius 3 is 1.32 bits per heavy atom. The highest BCUT2D eigenvalue weighted by Gasteiger charge is 2.29. The molecule has 6 aromatic rings. The maximum atomic E-state index is 12.1. The van der Waals surface area contributed by atoms with Crippen LogP contribution in [0.4, 0.5) is 11.6 Å². The molecule has 77 heavy (non-hydrogen) atoms. The Kier molecular flexibility index (Phi) is 22.2. The lowest BCUT2D eigenvalue weighted by atomic mass is 9.84. The molecule has 0 unspecified atom stereocenters. The first-order chi connectivity index (χ1) is 37.5. The summed E-state index contributed by atoms with van der Waals surface area (Å²) in [4.78, 5) is 38.1. The second-order valence-electron chi connectivity index (χ2n) is 19.0. The SMILES string of the molecule is CN1Cc2c(Cl)cc(Cl)cc2[C@H](c2cccc(-c3ccc(NCCOCCOCCNC(=O)COCC(=O)NCCOCCOCCNc4ccc(-c5cccc([C@@H]6CN(C)Cc7c(Cl)cc(Cl)cc76)c5)cn4)nc3)c2)C1. The number of amides is 2. The number of nitrogens with one attached hydrogen (secondary N) is 4. The highest BCUT2D eigenvalue weighted by atomic mass is 35.5. The van der Waals surface area contributed by atoms with E-state index in [9.17, 15) is 9.59 Å². The molecule has 15 nitrogen and oxygen atoms in total. The van der Waals surface area contributed by atoms with Crippen molar-refractivity contribution in [1.82, 2.24) is 30.4 Å². The molecule has 0 radical (unpaired) electrons. The summed E-state index contributed by atoms with van der Waals surface area (Å²) < 4.78 is 27.7. The van der Waals surface area contributed by atoms with Gasteiger partial charge in [-0.2, -0.15) is 0 Å². The minimum atomic E-state index is -0.340. The van der Waals surface area contributed by atoms with E-state index in [1.807, 2.05) is 48.8 Å². The number of anilines is 2. The molecule has 2 aliphatic rings. The van der Waals surface area contributed by atoms with E-state index < -0.39 is 0 Å². The largest absolute Gasteiger partial charge is 0.377 e. The van der Waals surface area contributed by atoms with Crippen LogP contribution in [-0.4, -0.2) is 151 Å². The molecule has 0 spiro atoms. The van der Waals surface area contributed by atoms with E-state index in [-0.39, 0.29) is 36.9 Å². The summed E-state index contributed by atoms with van der Waals surface area (Å²) in [6.45, 7) is 7.78. The molecule has 408 valence electrons. The third-order valence-corrected chi connectivity index (χ3v) is 14.3. The summed E-state index contributed by atoms with van der Waals surface area (Å²) in [5.74, 6) is 1.14.